The fourth-order valence-electron chi connectivity index (χ4n) is 4.01. The van der Waals surface area contributed by atoms with Gasteiger partial charge in [-0.05, 0) is 25.7 Å². The summed E-state index contributed by atoms with van der Waals surface area (Å²) in [4.78, 5) is 2.53. The zero-order chi connectivity index (χ0) is 15.7. The quantitative estimate of drug-likeness (QED) is 0.695. The Bertz CT molecular complexity index is 463. The molecule has 4 heteroatoms. The Labute approximate surface area is 134 Å². The SMILES string of the molecule is C[C@@H]1C[N+](=C2C=C(N3CCOCC3)CC(C)(C)C2)C[C@@H](C)O1. The van der Waals surface area contributed by atoms with Crippen LogP contribution >= 0.6 is 0 Å². The highest BCUT2D eigenvalue weighted by molar-refractivity contribution is 5.92. The van der Waals surface area contributed by atoms with E-state index in [-0.39, 0.29) is 0 Å². The van der Waals surface area contributed by atoms with Crippen molar-refractivity contribution in [2.75, 3.05) is 39.4 Å². The summed E-state index contributed by atoms with van der Waals surface area (Å²) >= 11 is 0. The Hall–Kier alpha value is -0.870. The van der Waals surface area contributed by atoms with Gasteiger partial charge in [-0.25, -0.2) is 4.58 Å². The third-order valence-corrected chi connectivity index (χ3v) is 4.90. The molecule has 0 unspecified atom stereocenters. The van der Waals surface area contributed by atoms with Gasteiger partial charge in [0.25, 0.3) is 0 Å². The lowest BCUT2D eigenvalue weighted by molar-refractivity contribution is -0.567. The summed E-state index contributed by atoms with van der Waals surface area (Å²) in [6.45, 7) is 15.0. The molecule has 1 aliphatic carbocycles. The highest BCUT2D eigenvalue weighted by atomic mass is 16.5. The van der Waals surface area contributed by atoms with Crippen LogP contribution in [-0.4, -0.2) is 66.8 Å². The standard InChI is InChI=1S/C18H31N2O2/c1-14-12-20(13-15(2)22-14)17-9-16(10-18(3,4)11-17)19-5-7-21-8-6-19/h9,14-15H,5-8,10-13H2,1-4H3/q+1/t14-,15-/m1/s1. The van der Waals surface area contributed by atoms with Crippen LogP contribution in [0.15, 0.2) is 11.8 Å². The minimum Gasteiger partial charge on any atom is -0.378 e. The molecule has 3 rings (SSSR count). The first kappa shape index (κ1) is 16.0. The molecule has 2 heterocycles. The van der Waals surface area contributed by atoms with Crippen LogP contribution < -0.4 is 0 Å². The van der Waals surface area contributed by atoms with Crippen LogP contribution in [0.5, 0.6) is 0 Å². The second kappa shape index (κ2) is 6.32. The summed E-state index contributed by atoms with van der Waals surface area (Å²) in [5.74, 6) is 0. The molecule has 22 heavy (non-hydrogen) atoms. The maximum absolute atomic E-state index is 5.90. The molecule has 0 aromatic heterocycles. The highest BCUT2D eigenvalue weighted by Crippen LogP contribution is 2.36. The third kappa shape index (κ3) is 3.72. The number of hydrogen-bond acceptors (Lipinski definition) is 3. The van der Waals surface area contributed by atoms with E-state index in [4.69, 9.17) is 9.47 Å². The molecular formula is C18H31N2O2+. The van der Waals surface area contributed by atoms with Gasteiger partial charge in [-0.1, -0.05) is 13.8 Å². The predicted molar refractivity (Wildman–Crippen MR) is 88.5 cm³/mol. The zero-order valence-corrected chi connectivity index (χ0v) is 14.6. The van der Waals surface area contributed by atoms with E-state index in [1.54, 1.807) is 0 Å². The van der Waals surface area contributed by atoms with Gasteiger partial charge in [-0.3, -0.25) is 0 Å². The number of allylic oxidation sites excluding steroid dienone is 2. The molecule has 3 aliphatic rings. The van der Waals surface area contributed by atoms with Gasteiger partial charge >= 0.3 is 0 Å². The summed E-state index contributed by atoms with van der Waals surface area (Å²) in [6, 6.07) is 0. The molecule has 2 aliphatic heterocycles. The molecule has 2 atom stereocenters. The van der Waals surface area contributed by atoms with E-state index in [2.05, 4.69) is 43.2 Å². The minimum atomic E-state index is 0.321. The van der Waals surface area contributed by atoms with E-state index in [9.17, 15) is 0 Å². The van der Waals surface area contributed by atoms with Crippen molar-refractivity contribution in [2.24, 2.45) is 5.41 Å². The number of rotatable bonds is 1. The Morgan fingerprint density at radius 3 is 2.36 bits per heavy atom. The van der Waals surface area contributed by atoms with E-state index in [0.29, 0.717) is 17.6 Å². The molecule has 0 spiro atoms. The van der Waals surface area contributed by atoms with Crippen molar-refractivity contribution in [2.45, 2.75) is 52.7 Å². The molecule has 0 saturated carbocycles. The van der Waals surface area contributed by atoms with Gasteiger partial charge in [0.15, 0.2) is 18.8 Å². The summed E-state index contributed by atoms with van der Waals surface area (Å²) in [7, 11) is 0. The first-order valence-corrected chi connectivity index (χ1v) is 8.72. The van der Waals surface area contributed by atoms with Crippen LogP contribution in [-0.2, 0) is 9.47 Å². The molecule has 2 fully saturated rings. The van der Waals surface area contributed by atoms with Crippen molar-refractivity contribution >= 4 is 5.71 Å². The Morgan fingerprint density at radius 1 is 1.09 bits per heavy atom. The van der Waals surface area contributed by atoms with Crippen molar-refractivity contribution in [1.29, 1.82) is 0 Å². The number of nitrogens with zero attached hydrogens (tertiary/aromatic N) is 2. The van der Waals surface area contributed by atoms with Gasteiger partial charge in [0, 0.05) is 31.3 Å². The van der Waals surface area contributed by atoms with E-state index in [0.717, 1.165) is 39.4 Å². The Balaban J connectivity index is 1.88. The lowest BCUT2D eigenvalue weighted by Crippen LogP contribution is -2.45. The maximum Gasteiger partial charge on any atom is 0.178 e. The molecule has 0 aromatic rings. The van der Waals surface area contributed by atoms with Gasteiger partial charge in [0.05, 0.1) is 13.2 Å². The largest absolute Gasteiger partial charge is 0.378 e. The van der Waals surface area contributed by atoms with E-state index < -0.39 is 0 Å². The normalized spacial score (nSPS) is 32.9. The number of hydrogen-bond donors (Lipinski definition) is 0. The van der Waals surface area contributed by atoms with E-state index in [1.165, 1.54) is 24.3 Å². The molecule has 0 amide bonds. The average molecular weight is 307 g/mol. The van der Waals surface area contributed by atoms with Crippen LogP contribution in [0, 0.1) is 5.41 Å². The molecule has 4 nitrogen and oxygen atoms in total. The fraction of sp³-hybridized carbons (Fsp3) is 0.833. The van der Waals surface area contributed by atoms with Gasteiger partial charge in [-0.15, -0.1) is 0 Å². The third-order valence-electron chi connectivity index (χ3n) is 4.90. The monoisotopic (exact) mass is 307 g/mol. The second-order valence-electron chi connectivity index (χ2n) is 7.91. The molecule has 0 aromatic carbocycles. The minimum absolute atomic E-state index is 0.321. The summed E-state index contributed by atoms with van der Waals surface area (Å²) in [5, 5.41) is 0. The molecule has 0 bridgehead atoms. The lowest BCUT2D eigenvalue weighted by Gasteiger charge is -2.38. The predicted octanol–water partition coefficient (Wildman–Crippen LogP) is 2.28. The number of morpholine rings is 2. The van der Waals surface area contributed by atoms with E-state index in [1.807, 2.05) is 0 Å². The average Bonchev–Trinajstić information content (AvgIpc) is 2.45. The summed E-state index contributed by atoms with van der Waals surface area (Å²) in [5.41, 5.74) is 3.34. The van der Waals surface area contributed by atoms with Crippen molar-refractivity contribution in [3.05, 3.63) is 11.8 Å². The van der Waals surface area contributed by atoms with Crippen LogP contribution in [0.1, 0.15) is 40.5 Å². The molecular weight excluding hydrogens is 276 g/mol. The van der Waals surface area contributed by atoms with Gasteiger partial charge < -0.3 is 14.4 Å². The second-order valence-corrected chi connectivity index (χ2v) is 7.91. The molecule has 2 saturated heterocycles. The summed E-state index contributed by atoms with van der Waals surface area (Å²) < 4.78 is 14.0. The molecule has 0 radical (unpaired) electrons. The van der Waals surface area contributed by atoms with Crippen molar-refractivity contribution in [1.82, 2.24) is 4.90 Å². The molecule has 124 valence electrons. The maximum atomic E-state index is 5.90. The van der Waals surface area contributed by atoms with E-state index >= 15 is 0 Å². The smallest absolute Gasteiger partial charge is 0.178 e. The molecule has 0 N–H and O–H groups in total. The Morgan fingerprint density at radius 2 is 1.73 bits per heavy atom. The first-order chi connectivity index (χ1) is 10.4. The summed E-state index contributed by atoms with van der Waals surface area (Å²) in [6.07, 6.45) is 5.44. The van der Waals surface area contributed by atoms with Crippen molar-refractivity contribution < 1.29 is 14.0 Å². The van der Waals surface area contributed by atoms with Crippen molar-refractivity contribution in [3.8, 4) is 0 Å². The van der Waals surface area contributed by atoms with Crippen LogP contribution in [0.25, 0.3) is 0 Å². The highest BCUT2D eigenvalue weighted by Gasteiger charge is 2.35. The van der Waals surface area contributed by atoms with Crippen LogP contribution in [0.3, 0.4) is 0 Å². The van der Waals surface area contributed by atoms with Crippen molar-refractivity contribution in [3.63, 3.8) is 0 Å². The number of ether oxygens (including phenoxy) is 2. The van der Waals surface area contributed by atoms with Crippen LogP contribution in [0.2, 0.25) is 0 Å². The zero-order valence-electron chi connectivity index (χ0n) is 14.6. The van der Waals surface area contributed by atoms with Crippen LogP contribution in [0.4, 0.5) is 0 Å². The van der Waals surface area contributed by atoms with Gasteiger partial charge in [0.1, 0.15) is 12.2 Å². The topological polar surface area (TPSA) is 24.7 Å². The van der Waals surface area contributed by atoms with Gasteiger partial charge in [0.2, 0.25) is 0 Å². The lowest BCUT2D eigenvalue weighted by atomic mass is 9.78. The first-order valence-electron chi connectivity index (χ1n) is 8.72. The van der Waals surface area contributed by atoms with Gasteiger partial charge in [-0.2, -0.15) is 0 Å². The Kier molecular flexibility index (Phi) is 4.60. The fourth-order valence-corrected chi connectivity index (χ4v) is 4.01.